The van der Waals surface area contributed by atoms with E-state index in [-0.39, 0.29) is 5.56 Å². The van der Waals surface area contributed by atoms with Crippen molar-refractivity contribution in [1.29, 1.82) is 0 Å². The van der Waals surface area contributed by atoms with E-state index in [4.69, 9.17) is 0 Å². The fourth-order valence-corrected chi connectivity index (χ4v) is 1.99. The van der Waals surface area contributed by atoms with Gasteiger partial charge < -0.3 is 5.32 Å². The SMILES string of the molecule is CNC(c1cncc(F)c1)c1cc(C)c(F)cc1F. The van der Waals surface area contributed by atoms with Crippen molar-refractivity contribution >= 4 is 0 Å². The molecule has 2 aromatic rings. The Morgan fingerprint density at radius 3 is 2.42 bits per heavy atom. The molecule has 1 aromatic carbocycles. The van der Waals surface area contributed by atoms with E-state index in [1.807, 2.05) is 0 Å². The summed E-state index contributed by atoms with van der Waals surface area (Å²) in [4.78, 5) is 3.74. The quantitative estimate of drug-likeness (QED) is 0.923. The first-order valence-electron chi connectivity index (χ1n) is 5.76. The zero-order valence-electron chi connectivity index (χ0n) is 10.5. The van der Waals surface area contributed by atoms with Gasteiger partial charge in [0.1, 0.15) is 17.5 Å². The Morgan fingerprint density at radius 2 is 1.79 bits per heavy atom. The van der Waals surface area contributed by atoms with Gasteiger partial charge in [-0.2, -0.15) is 0 Å². The molecule has 0 aliphatic carbocycles. The van der Waals surface area contributed by atoms with Gasteiger partial charge in [-0.05, 0) is 37.2 Å². The van der Waals surface area contributed by atoms with Gasteiger partial charge in [-0.15, -0.1) is 0 Å². The number of nitrogens with one attached hydrogen (secondary N) is 1. The van der Waals surface area contributed by atoms with E-state index in [0.29, 0.717) is 11.1 Å². The van der Waals surface area contributed by atoms with E-state index < -0.39 is 23.5 Å². The van der Waals surface area contributed by atoms with E-state index in [2.05, 4.69) is 10.3 Å². The number of pyridine rings is 1. The zero-order chi connectivity index (χ0) is 14.0. The van der Waals surface area contributed by atoms with Gasteiger partial charge in [0.25, 0.3) is 0 Å². The normalized spacial score (nSPS) is 12.5. The van der Waals surface area contributed by atoms with Crippen molar-refractivity contribution in [3.8, 4) is 0 Å². The van der Waals surface area contributed by atoms with Crippen molar-refractivity contribution < 1.29 is 13.2 Å². The highest BCUT2D eigenvalue weighted by atomic mass is 19.1. The van der Waals surface area contributed by atoms with Crippen molar-refractivity contribution in [3.63, 3.8) is 0 Å². The molecule has 1 unspecified atom stereocenters. The second kappa shape index (κ2) is 5.40. The minimum atomic E-state index is -0.674. The average molecular weight is 266 g/mol. The van der Waals surface area contributed by atoms with Crippen LogP contribution in [0.3, 0.4) is 0 Å². The summed E-state index contributed by atoms with van der Waals surface area (Å²) in [5, 5.41) is 2.88. The molecule has 1 heterocycles. The molecule has 2 rings (SSSR count). The van der Waals surface area contributed by atoms with Gasteiger partial charge in [0.15, 0.2) is 0 Å². The molecule has 1 N–H and O–H groups in total. The molecular formula is C14H13F3N2. The highest BCUT2D eigenvalue weighted by Crippen LogP contribution is 2.26. The lowest BCUT2D eigenvalue weighted by Crippen LogP contribution is -2.19. The van der Waals surface area contributed by atoms with Gasteiger partial charge in [-0.25, -0.2) is 13.2 Å². The Kier molecular flexibility index (Phi) is 3.85. The summed E-state index contributed by atoms with van der Waals surface area (Å²) in [6.07, 6.45) is 2.52. The molecule has 19 heavy (non-hydrogen) atoms. The Balaban J connectivity index is 2.51. The standard InChI is InChI=1S/C14H13F3N2/c1-8-3-11(13(17)5-12(8)16)14(18-2)9-4-10(15)7-19-6-9/h3-7,14,18H,1-2H3. The number of benzene rings is 1. The summed E-state index contributed by atoms with van der Waals surface area (Å²) in [6.45, 7) is 1.55. The van der Waals surface area contributed by atoms with Crippen molar-refractivity contribution in [2.24, 2.45) is 0 Å². The largest absolute Gasteiger partial charge is 0.309 e. The van der Waals surface area contributed by atoms with Crippen LogP contribution in [0.15, 0.2) is 30.6 Å². The second-order valence-electron chi connectivity index (χ2n) is 4.28. The number of hydrogen-bond donors (Lipinski definition) is 1. The fourth-order valence-electron chi connectivity index (χ4n) is 1.99. The lowest BCUT2D eigenvalue weighted by molar-refractivity contribution is 0.544. The first kappa shape index (κ1) is 13.5. The average Bonchev–Trinajstić information content (AvgIpc) is 2.36. The molecule has 100 valence electrons. The number of rotatable bonds is 3. The van der Waals surface area contributed by atoms with Gasteiger partial charge in [-0.1, -0.05) is 0 Å². The number of aromatic nitrogens is 1. The Labute approximate surface area is 109 Å². The summed E-state index contributed by atoms with van der Waals surface area (Å²) in [6, 6.07) is 2.94. The van der Waals surface area contributed by atoms with Crippen LogP contribution in [0, 0.1) is 24.4 Å². The third-order valence-electron chi connectivity index (χ3n) is 2.94. The zero-order valence-corrected chi connectivity index (χ0v) is 10.5. The fraction of sp³-hybridized carbons (Fsp3) is 0.214. The molecule has 0 amide bonds. The molecule has 0 saturated carbocycles. The van der Waals surface area contributed by atoms with Gasteiger partial charge in [0.2, 0.25) is 0 Å². The van der Waals surface area contributed by atoms with Crippen molar-refractivity contribution in [2.75, 3.05) is 7.05 Å². The number of halogens is 3. The second-order valence-corrected chi connectivity index (χ2v) is 4.28. The van der Waals surface area contributed by atoms with Crippen molar-refractivity contribution in [3.05, 3.63) is 64.7 Å². The summed E-state index contributed by atoms with van der Waals surface area (Å²) in [5.74, 6) is -1.78. The molecule has 0 radical (unpaired) electrons. The molecular weight excluding hydrogens is 253 g/mol. The first-order valence-corrected chi connectivity index (χ1v) is 5.76. The van der Waals surface area contributed by atoms with E-state index in [1.54, 1.807) is 14.0 Å². The third kappa shape index (κ3) is 2.76. The summed E-state index contributed by atoms with van der Waals surface area (Å²) in [7, 11) is 1.62. The highest BCUT2D eigenvalue weighted by molar-refractivity contribution is 5.34. The lowest BCUT2D eigenvalue weighted by Gasteiger charge is -2.18. The molecule has 0 bridgehead atoms. The number of nitrogens with zero attached hydrogens (tertiary/aromatic N) is 1. The maximum absolute atomic E-state index is 13.9. The highest BCUT2D eigenvalue weighted by Gasteiger charge is 2.18. The van der Waals surface area contributed by atoms with E-state index in [9.17, 15) is 13.2 Å². The molecule has 0 fully saturated rings. The smallest absolute Gasteiger partial charge is 0.141 e. The molecule has 0 saturated heterocycles. The molecule has 1 atom stereocenters. The molecule has 0 aliphatic rings. The summed E-state index contributed by atoms with van der Waals surface area (Å²) in [5.41, 5.74) is 1.07. The lowest BCUT2D eigenvalue weighted by atomic mass is 9.98. The van der Waals surface area contributed by atoms with Crippen LogP contribution in [-0.2, 0) is 0 Å². The molecule has 0 spiro atoms. The van der Waals surface area contributed by atoms with Crippen LogP contribution in [0.5, 0.6) is 0 Å². The number of aryl methyl sites for hydroxylation is 1. The molecule has 1 aromatic heterocycles. The Bertz CT molecular complexity index is 599. The van der Waals surface area contributed by atoms with Crippen molar-refractivity contribution in [2.45, 2.75) is 13.0 Å². The molecule has 2 nitrogen and oxygen atoms in total. The maximum atomic E-state index is 13.9. The van der Waals surface area contributed by atoms with Crippen LogP contribution < -0.4 is 5.32 Å². The van der Waals surface area contributed by atoms with Gasteiger partial charge in [-0.3, -0.25) is 4.98 Å². The summed E-state index contributed by atoms with van der Waals surface area (Å²) >= 11 is 0. The Hall–Kier alpha value is -1.88. The monoisotopic (exact) mass is 266 g/mol. The first-order chi connectivity index (χ1) is 9.02. The summed E-state index contributed by atoms with van der Waals surface area (Å²) < 4.78 is 40.3. The van der Waals surface area contributed by atoms with E-state index >= 15 is 0 Å². The predicted octanol–water partition coefficient (Wildman–Crippen LogP) is 3.12. The van der Waals surface area contributed by atoms with Crippen LogP contribution >= 0.6 is 0 Å². The molecule has 0 aliphatic heterocycles. The predicted molar refractivity (Wildman–Crippen MR) is 66.2 cm³/mol. The minimum Gasteiger partial charge on any atom is -0.309 e. The molecule has 5 heteroatoms. The Morgan fingerprint density at radius 1 is 1.05 bits per heavy atom. The third-order valence-corrected chi connectivity index (χ3v) is 2.94. The van der Waals surface area contributed by atoms with E-state index in [1.165, 1.54) is 18.3 Å². The van der Waals surface area contributed by atoms with Gasteiger partial charge >= 0.3 is 0 Å². The van der Waals surface area contributed by atoms with Crippen LogP contribution in [0.4, 0.5) is 13.2 Å². The minimum absolute atomic E-state index is 0.258. The topological polar surface area (TPSA) is 24.9 Å². The van der Waals surface area contributed by atoms with Gasteiger partial charge in [0, 0.05) is 17.8 Å². The van der Waals surface area contributed by atoms with Crippen LogP contribution in [0.25, 0.3) is 0 Å². The van der Waals surface area contributed by atoms with E-state index in [0.717, 1.165) is 12.3 Å². The van der Waals surface area contributed by atoms with Crippen molar-refractivity contribution in [1.82, 2.24) is 10.3 Å². The van der Waals surface area contributed by atoms with Gasteiger partial charge in [0.05, 0.1) is 12.2 Å². The number of hydrogen-bond acceptors (Lipinski definition) is 2. The maximum Gasteiger partial charge on any atom is 0.141 e. The van der Waals surface area contributed by atoms with Crippen LogP contribution in [-0.4, -0.2) is 12.0 Å². The van der Waals surface area contributed by atoms with Crippen LogP contribution in [0.2, 0.25) is 0 Å². The van der Waals surface area contributed by atoms with Crippen LogP contribution in [0.1, 0.15) is 22.7 Å².